The van der Waals surface area contributed by atoms with Crippen molar-refractivity contribution in [2.24, 2.45) is 5.73 Å². The Morgan fingerprint density at radius 3 is 2.80 bits per heavy atom. The monoisotopic (exact) mass is 230 g/mol. The van der Waals surface area contributed by atoms with Gasteiger partial charge in [0, 0.05) is 0 Å². The molecule has 1 amide bonds. The highest BCUT2D eigenvalue weighted by Crippen LogP contribution is 2.17. The summed E-state index contributed by atoms with van der Waals surface area (Å²) >= 11 is 5.68. The van der Waals surface area contributed by atoms with Crippen LogP contribution in [-0.2, 0) is 4.79 Å². The third kappa shape index (κ3) is 2.47. The lowest BCUT2D eigenvalue weighted by atomic mass is 10.1. The molecule has 0 atom stereocenters. The maximum atomic E-state index is 11.1. The van der Waals surface area contributed by atoms with E-state index in [0.717, 1.165) is 0 Å². The molecule has 82 valence electrons. The van der Waals surface area contributed by atoms with Crippen LogP contribution >= 0.6 is 11.6 Å². The van der Waals surface area contributed by atoms with Crippen molar-refractivity contribution >= 4 is 23.3 Å². The van der Waals surface area contributed by atoms with Crippen molar-refractivity contribution in [2.45, 2.75) is 19.4 Å². The summed E-state index contributed by atoms with van der Waals surface area (Å²) in [4.78, 5) is 28.2. The average molecular weight is 231 g/mol. The van der Waals surface area contributed by atoms with E-state index in [-0.39, 0.29) is 10.8 Å². The molecule has 0 saturated heterocycles. The minimum absolute atomic E-state index is 0.105. The van der Waals surface area contributed by atoms with E-state index in [2.05, 4.69) is 15.3 Å². The number of rotatable bonds is 3. The van der Waals surface area contributed by atoms with Gasteiger partial charge in [-0.3, -0.25) is 9.59 Å². The number of primary amides is 1. The van der Waals surface area contributed by atoms with E-state index >= 15 is 0 Å². The van der Waals surface area contributed by atoms with Gasteiger partial charge in [0.2, 0.25) is 5.91 Å². The molecule has 0 aliphatic heterocycles. The number of halogens is 1. The fourth-order valence-corrected chi connectivity index (χ4v) is 0.978. The minimum atomic E-state index is -1.02. The van der Waals surface area contributed by atoms with E-state index in [1.165, 1.54) is 6.33 Å². The van der Waals surface area contributed by atoms with Crippen LogP contribution in [0.1, 0.15) is 13.8 Å². The number of hydrogen-bond donors (Lipinski definition) is 3. The second-order valence-corrected chi connectivity index (χ2v) is 3.89. The number of carbonyl (C=O) groups is 1. The van der Waals surface area contributed by atoms with Crippen molar-refractivity contribution in [3.63, 3.8) is 0 Å². The molecule has 0 radical (unpaired) electrons. The second kappa shape index (κ2) is 3.90. The van der Waals surface area contributed by atoms with E-state index in [4.69, 9.17) is 17.3 Å². The molecule has 15 heavy (non-hydrogen) atoms. The van der Waals surface area contributed by atoms with Crippen molar-refractivity contribution in [2.75, 3.05) is 5.32 Å². The maximum absolute atomic E-state index is 11.1. The molecule has 7 heteroatoms. The first-order chi connectivity index (χ1) is 6.84. The van der Waals surface area contributed by atoms with E-state index in [1.54, 1.807) is 13.8 Å². The van der Waals surface area contributed by atoms with Gasteiger partial charge >= 0.3 is 0 Å². The van der Waals surface area contributed by atoms with Crippen LogP contribution in [0.4, 0.5) is 5.82 Å². The molecule has 0 aliphatic carbocycles. The molecule has 0 unspecified atom stereocenters. The van der Waals surface area contributed by atoms with Gasteiger partial charge in [0.05, 0.1) is 6.33 Å². The molecule has 4 N–H and O–H groups in total. The Balaban J connectivity index is 3.05. The Morgan fingerprint density at radius 2 is 2.27 bits per heavy atom. The quantitative estimate of drug-likeness (QED) is 0.686. The lowest BCUT2D eigenvalue weighted by molar-refractivity contribution is -0.121. The van der Waals surface area contributed by atoms with Crippen LogP contribution in [0.15, 0.2) is 11.1 Å². The first-order valence-electron chi connectivity index (χ1n) is 4.16. The number of hydrogen-bond acceptors (Lipinski definition) is 4. The van der Waals surface area contributed by atoms with Gasteiger partial charge < -0.3 is 16.0 Å². The number of H-pyrrole nitrogens is 1. The zero-order chi connectivity index (χ0) is 11.6. The number of carbonyl (C=O) groups excluding carboxylic acids is 1. The summed E-state index contributed by atoms with van der Waals surface area (Å²) in [6.07, 6.45) is 1.19. The molecule has 1 heterocycles. The lowest BCUT2D eigenvalue weighted by Crippen LogP contribution is -2.45. The van der Waals surface area contributed by atoms with Crippen LogP contribution in [0.5, 0.6) is 0 Å². The Labute approximate surface area is 90.8 Å². The minimum Gasteiger partial charge on any atom is -0.368 e. The van der Waals surface area contributed by atoms with E-state index < -0.39 is 17.0 Å². The fraction of sp³-hybridized carbons (Fsp3) is 0.375. The molecule has 0 spiro atoms. The predicted octanol–water partition coefficient (Wildman–Crippen LogP) is 0.0991. The van der Waals surface area contributed by atoms with Gasteiger partial charge in [0.25, 0.3) is 5.56 Å². The number of nitrogens with zero attached hydrogens (tertiary/aromatic N) is 1. The second-order valence-electron chi connectivity index (χ2n) is 3.51. The summed E-state index contributed by atoms with van der Waals surface area (Å²) in [6.45, 7) is 3.13. The molecule has 1 aromatic rings. The van der Waals surface area contributed by atoms with Gasteiger partial charge in [-0.15, -0.1) is 0 Å². The largest absolute Gasteiger partial charge is 0.368 e. The van der Waals surface area contributed by atoms with Crippen LogP contribution in [0.2, 0.25) is 5.02 Å². The van der Waals surface area contributed by atoms with Crippen molar-refractivity contribution < 1.29 is 4.79 Å². The normalized spacial score (nSPS) is 11.1. The highest BCUT2D eigenvalue weighted by molar-refractivity contribution is 6.32. The summed E-state index contributed by atoms with van der Waals surface area (Å²) < 4.78 is 0. The van der Waals surface area contributed by atoms with Gasteiger partial charge in [0.1, 0.15) is 10.6 Å². The molecule has 0 fully saturated rings. The zero-order valence-electron chi connectivity index (χ0n) is 8.30. The number of anilines is 1. The zero-order valence-corrected chi connectivity index (χ0v) is 9.05. The topological polar surface area (TPSA) is 101 Å². The van der Waals surface area contributed by atoms with Crippen molar-refractivity contribution in [1.29, 1.82) is 0 Å². The third-order valence-corrected chi connectivity index (χ3v) is 2.19. The molecule has 0 aromatic carbocycles. The molecule has 0 saturated carbocycles. The van der Waals surface area contributed by atoms with Crippen LogP contribution in [-0.4, -0.2) is 21.4 Å². The Bertz CT molecular complexity index is 441. The van der Waals surface area contributed by atoms with Crippen molar-refractivity contribution in [1.82, 2.24) is 9.97 Å². The molecule has 0 bridgehead atoms. The lowest BCUT2D eigenvalue weighted by Gasteiger charge is -2.22. The number of nitrogens with one attached hydrogen (secondary N) is 2. The highest BCUT2D eigenvalue weighted by Gasteiger charge is 2.26. The van der Waals surface area contributed by atoms with E-state index in [1.807, 2.05) is 0 Å². The van der Waals surface area contributed by atoms with Crippen LogP contribution in [0.25, 0.3) is 0 Å². The molecular formula is C8H11ClN4O2. The first kappa shape index (κ1) is 11.5. The predicted molar refractivity (Wildman–Crippen MR) is 56.8 cm³/mol. The summed E-state index contributed by atoms with van der Waals surface area (Å²) in [5.41, 5.74) is 3.65. The van der Waals surface area contributed by atoms with E-state index in [0.29, 0.717) is 0 Å². The summed E-state index contributed by atoms with van der Waals surface area (Å²) in [6, 6.07) is 0. The summed E-state index contributed by atoms with van der Waals surface area (Å²) in [5, 5.41) is 2.58. The SMILES string of the molecule is CC(C)(Nc1nc[nH]c(=O)c1Cl)C(N)=O. The summed E-state index contributed by atoms with van der Waals surface area (Å²) in [5.74, 6) is -0.440. The van der Waals surface area contributed by atoms with Gasteiger partial charge in [-0.1, -0.05) is 11.6 Å². The number of aromatic nitrogens is 2. The Morgan fingerprint density at radius 1 is 1.67 bits per heavy atom. The van der Waals surface area contributed by atoms with Crippen LogP contribution in [0.3, 0.4) is 0 Å². The van der Waals surface area contributed by atoms with Gasteiger partial charge in [0.15, 0.2) is 5.82 Å². The van der Waals surface area contributed by atoms with Gasteiger partial charge in [-0.25, -0.2) is 4.98 Å². The fourth-order valence-electron chi connectivity index (χ4n) is 0.828. The number of amides is 1. The van der Waals surface area contributed by atoms with E-state index in [9.17, 15) is 9.59 Å². The maximum Gasteiger partial charge on any atom is 0.271 e. The van der Waals surface area contributed by atoms with Crippen LogP contribution < -0.4 is 16.6 Å². The van der Waals surface area contributed by atoms with Crippen LogP contribution in [0, 0.1) is 0 Å². The Hall–Kier alpha value is -1.56. The molecule has 6 nitrogen and oxygen atoms in total. The highest BCUT2D eigenvalue weighted by atomic mass is 35.5. The summed E-state index contributed by atoms with van der Waals surface area (Å²) in [7, 11) is 0. The smallest absolute Gasteiger partial charge is 0.271 e. The van der Waals surface area contributed by atoms with Gasteiger partial charge in [-0.05, 0) is 13.8 Å². The van der Waals surface area contributed by atoms with Crippen molar-refractivity contribution in [3.8, 4) is 0 Å². The molecule has 1 aromatic heterocycles. The average Bonchev–Trinajstić information content (AvgIpc) is 2.12. The van der Waals surface area contributed by atoms with Gasteiger partial charge in [-0.2, -0.15) is 0 Å². The molecule has 1 rings (SSSR count). The number of aromatic amines is 1. The third-order valence-electron chi connectivity index (χ3n) is 1.84. The molecule has 0 aliphatic rings. The Kier molecular flexibility index (Phi) is 2.99. The first-order valence-corrected chi connectivity index (χ1v) is 4.53. The standard InChI is InChI=1S/C8H11ClN4O2/c1-8(2,7(10)15)13-5-4(9)6(14)12-3-11-5/h3H,1-2H3,(H2,10,15)(H2,11,12,13,14). The number of nitrogens with two attached hydrogens (primary N) is 1. The molecular weight excluding hydrogens is 220 g/mol. The van der Waals surface area contributed by atoms with Crippen molar-refractivity contribution in [3.05, 3.63) is 21.7 Å².